The molecule has 1 unspecified atom stereocenters. The van der Waals surface area contributed by atoms with E-state index in [1.54, 1.807) is 0 Å². The van der Waals surface area contributed by atoms with Crippen molar-refractivity contribution in [2.75, 3.05) is 13.7 Å². The maximum atomic E-state index is 5.61. The molecule has 0 aliphatic heterocycles. The minimum absolute atomic E-state index is 0.263. The van der Waals surface area contributed by atoms with Gasteiger partial charge in [0, 0.05) is 18.0 Å². The van der Waals surface area contributed by atoms with Gasteiger partial charge in [-0.05, 0) is 26.5 Å². The van der Waals surface area contributed by atoms with Crippen LogP contribution in [0.5, 0.6) is 5.75 Å². The third-order valence-corrected chi connectivity index (χ3v) is 2.52. The molecule has 2 nitrogen and oxygen atoms in total. The van der Waals surface area contributed by atoms with E-state index < -0.39 is 0 Å². The molecule has 0 aromatic heterocycles. The zero-order valence-electron chi connectivity index (χ0n) is 9.99. The molecule has 0 fully saturated rings. The van der Waals surface area contributed by atoms with E-state index in [-0.39, 0.29) is 6.04 Å². The molecule has 16 heavy (non-hydrogen) atoms. The number of terminal acetylenes is 1. The second-order valence-corrected chi connectivity index (χ2v) is 3.55. The van der Waals surface area contributed by atoms with Gasteiger partial charge in [-0.2, -0.15) is 0 Å². The Bertz CT molecular complexity index is 354. The zero-order chi connectivity index (χ0) is 11.8. The molecule has 0 bridgehead atoms. The molecule has 0 aliphatic rings. The summed E-state index contributed by atoms with van der Waals surface area (Å²) in [5.41, 5.74) is 1.18. The lowest BCUT2D eigenvalue weighted by Crippen LogP contribution is -2.17. The Hall–Kier alpha value is -1.46. The highest BCUT2D eigenvalue weighted by atomic mass is 16.5. The summed E-state index contributed by atoms with van der Waals surface area (Å²) in [6.07, 6.45) is 6.99. The molecule has 0 heterocycles. The normalized spacial score (nSPS) is 11.8. The van der Waals surface area contributed by atoms with Gasteiger partial charge in [-0.3, -0.25) is 0 Å². The van der Waals surface area contributed by atoms with Gasteiger partial charge in [-0.25, -0.2) is 0 Å². The standard InChI is InChI=1S/C14H19NO/c1-4-6-10-13(15-3)12-9-7-8-11-14(12)16-5-2/h1,7-9,11,13,15H,5-6,10H2,2-3H3. The smallest absolute Gasteiger partial charge is 0.124 e. The first-order valence-electron chi connectivity index (χ1n) is 5.66. The van der Waals surface area contributed by atoms with Gasteiger partial charge in [0.1, 0.15) is 5.75 Å². The van der Waals surface area contributed by atoms with E-state index in [0.29, 0.717) is 6.61 Å². The maximum Gasteiger partial charge on any atom is 0.124 e. The highest BCUT2D eigenvalue weighted by molar-refractivity contribution is 5.36. The molecule has 1 aromatic rings. The molecule has 1 atom stereocenters. The molecule has 1 N–H and O–H groups in total. The molecule has 0 saturated carbocycles. The van der Waals surface area contributed by atoms with Crippen LogP contribution in [0.15, 0.2) is 24.3 Å². The van der Waals surface area contributed by atoms with Crippen LogP contribution in [-0.4, -0.2) is 13.7 Å². The van der Waals surface area contributed by atoms with Crippen LogP contribution in [-0.2, 0) is 0 Å². The van der Waals surface area contributed by atoms with Crippen molar-refractivity contribution in [3.05, 3.63) is 29.8 Å². The Morgan fingerprint density at radius 1 is 1.44 bits per heavy atom. The molecular weight excluding hydrogens is 198 g/mol. The number of hydrogen-bond acceptors (Lipinski definition) is 2. The average Bonchev–Trinajstić information content (AvgIpc) is 2.32. The number of para-hydroxylation sites is 1. The van der Waals surface area contributed by atoms with Crippen molar-refractivity contribution in [1.82, 2.24) is 5.32 Å². The molecule has 0 spiro atoms. The summed E-state index contributed by atoms with van der Waals surface area (Å²) in [6.45, 7) is 2.68. The fraction of sp³-hybridized carbons (Fsp3) is 0.429. The van der Waals surface area contributed by atoms with Crippen LogP contribution in [0.1, 0.15) is 31.4 Å². The summed E-state index contributed by atoms with van der Waals surface area (Å²) in [4.78, 5) is 0. The minimum atomic E-state index is 0.263. The molecule has 0 amide bonds. The highest BCUT2D eigenvalue weighted by Gasteiger charge is 2.12. The van der Waals surface area contributed by atoms with E-state index in [9.17, 15) is 0 Å². The van der Waals surface area contributed by atoms with Crippen LogP contribution in [0.25, 0.3) is 0 Å². The van der Waals surface area contributed by atoms with Crippen molar-refractivity contribution in [2.45, 2.75) is 25.8 Å². The van der Waals surface area contributed by atoms with Crippen molar-refractivity contribution in [3.63, 3.8) is 0 Å². The van der Waals surface area contributed by atoms with Gasteiger partial charge in [0.2, 0.25) is 0 Å². The van der Waals surface area contributed by atoms with Crippen molar-refractivity contribution in [3.8, 4) is 18.1 Å². The summed E-state index contributed by atoms with van der Waals surface area (Å²) in [5.74, 6) is 3.62. The maximum absolute atomic E-state index is 5.61. The summed E-state index contributed by atoms with van der Waals surface area (Å²) in [5, 5.41) is 3.28. The lowest BCUT2D eigenvalue weighted by Gasteiger charge is -2.18. The van der Waals surface area contributed by atoms with E-state index >= 15 is 0 Å². The van der Waals surface area contributed by atoms with Crippen molar-refractivity contribution in [2.24, 2.45) is 0 Å². The topological polar surface area (TPSA) is 21.3 Å². The Morgan fingerprint density at radius 3 is 2.81 bits per heavy atom. The van der Waals surface area contributed by atoms with E-state index in [0.717, 1.165) is 18.6 Å². The van der Waals surface area contributed by atoms with Crippen LogP contribution in [0.4, 0.5) is 0 Å². The van der Waals surface area contributed by atoms with E-state index in [2.05, 4.69) is 17.3 Å². The van der Waals surface area contributed by atoms with Gasteiger partial charge >= 0.3 is 0 Å². The van der Waals surface area contributed by atoms with Crippen LogP contribution < -0.4 is 10.1 Å². The molecular formula is C14H19NO. The molecule has 0 aliphatic carbocycles. The summed E-state index contributed by atoms with van der Waals surface area (Å²) < 4.78 is 5.61. The number of rotatable bonds is 6. The van der Waals surface area contributed by atoms with Crippen LogP contribution in [0.3, 0.4) is 0 Å². The van der Waals surface area contributed by atoms with Crippen LogP contribution in [0.2, 0.25) is 0 Å². The van der Waals surface area contributed by atoms with Crippen LogP contribution in [0, 0.1) is 12.3 Å². The Labute approximate surface area is 98.0 Å². The van der Waals surface area contributed by atoms with Gasteiger partial charge in [0.05, 0.1) is 6.61 Å². The van der Waals surface area contributed by atoms with Crippen LogP contribution >= 0.6 is 0 Å². The predicted octanol–water partition coefficient (Wildman–Crippen LogP) is 2.76. The molecule has 1 rings (SSSR count). The zero-order valence-corrected chi connectivity index (χ0v) is 9.99. The molecule has 2 heteroatoms. The van der Waals surface area contributed by atoms with E-state index in [1.165, 1.54) is 5.56 Å². The number of nitrogens with one attached hydrogen (secondary N) is 1. The Kier molecular flexibility index (Phi) is 5.45. The summed E-state index contributed by atoms with van der Waals surface area (Å²) in [6, 6.07) is 8.36. The molecule has 0 radical (unpaired) electrons. The van der Waals surface area contributed by atoms with Crippen molar-refractivity contribution < 1.29 is 4.74 Å². The Balaban J connectivity index is 2.86. The van der Waals surface area contributed by atoms with Gasteiger partial charge < -0.3 is 10.1 Å². The SMILES string of the molecule is C#CCCC(NC)c1ccccc1OCC. The molecule has 86 valence electrons. The first-order valence-corrected chi connectivity index (χ1v) is 5.66. The van der Waals surface area contributed by atoms with Gasteiger partial charge in [0.15, 0.2) is 0 Å². The lowest BCUT2D eigenvalue weighted by atomic mass is 10.0. The predicted molar refractivity (Wildman–Crippen MR) is 67.5 cm³/mol. The number of hydrogen-bond donors (Lipinski definition) is 1. The van der Waals surface area contributed by atoms with Gasteiger partial charge in [-0.15, -0.1) is 12.3 Å². The summed E-state index contributed by atoms with van der Waals surface area (Å²) >= 11 is 0. The molecule has 0 saturated heterocycles. The summed E-state index contributed by atoms with van der Waals surface area (Å²) in [7, 11) is 1.95. The largest absolute Gasteiger partial charge is 0.494 e. The second kappa shape index (κ2) is 6.92. The van der Waals surface area contributed by atoms with E-state index in [4.69, 9.17) is 11.2 Å². The Morgan fingerprint density at radius 2 is 2.19 bits per heavy atom. The highest BCUT2D eigenvalue weighted by Crippen LogP contribution is 2.27. The van der Waals surface area contributed by atoms with Gasteiger partial charge in [-0.1, -0.05) is 18.2 Å². The average molecular weight is 217 g/mol. The molecule has 1 aromatic carbocycles. The van der Waals surface area contributed by atoms with Gasteiger partial charge in [0.25, 0.3) is 0 Å². The minimum Gasteiger partial charge on any atom is -0.494 e. The fourth-order valence-corrected chi connectivity index (χ4v) is 1.74. The van der Waals surface area contributed by atoms with Crippen molar-refractivity contribution in [1.29, 1.82) is 0 Å². The fourth-order valence-electron chi connectivity index (χ4n) is 1.74. The monoisotopic (exact) mass is 217 g/mol. The van der Waals surface area contributed by atoms with E-state index in [1.807, 2.05) is 32.2 Å². The third kappa shape index (κ3) is 3.29. The number of ether oxygens (including phenoxy) is 1. The first kappa shape index (κ1) is 12.6. The third-order valence-electron chi connectivity index (χ3n) is 2.52. The van der Waals surface area contributed by atoms with Crippen molar-refractivity contribution >= 4 is 0 Å². The number of benzene rings is 1. The quantitative estimate of drug-likeness (QED) is 0.740. The lowest BCUT2D eigenvalue weighted by molar-refractivity contribution is 0.331. The first-order chi connectivity index (χ1) is 7.83. The second-order valence-electron chi connectivity index (χ2n) is 3.55.